The van der Waals surface area contributed by atoms with E-state index in [1.54, 1.807) is 24.5 Å². The number of nitro groups is 1. The summed E-state index contributed by atoms with van der Waals surface area (Å²) < 4.78 is 0. The van der Waals surface area contributed by atoms with Gasteiger partial charge in [-0.25, -0.2) is 9.97 Å². The molecule has 2 N–H and O–H groups in total. The Morgan fingerprint density at radius 3 is 1.96 bits per heavy atom. The summed E-state index contributed by atoms with van der Waals surface area (Å²) in [5, 5.41) is 17.5. The van der Waals surface area contributed by atoms with Gasteiger partial charge >= 0.3 is 5.69 Å². The Balaban J connectivity index is 1.91. The van der Waals surface area contributed by atoms with Crippen molar-refractivity contribution in [3.05, 3.63) is 70.8 Å². The maximum atomic E-state index is 11.6. The minimum absolute atomic E-state index is 0.109. The zero-order chi connectivity index (χ0) is 18.5. The lowest BCUT2D eigenvalue weighted by atomic mass is 10.0. The molecule has 3 rings (SSSR count). The summed E-state index contributed by atoms with van der Waals surface area (Å²) in [6.45, 7) is 4.21. The minimum atomic E-state index is -0.506. The van der Waals surface area contributed by atoms with Gasteiger partial charge < -0.3 is 10.6 Å². The van der Waals surface area contributed by atoms with Crippen molar-refractivity contribution in [2.45, 2.75) is 19.8 Å². The van der Waals surface area contributed by atoms with Gasteiger partial charge in [0.2, 0.25) is 11.6 Å². The fourth-order valence-corrected chi connectivity index (χ4v) is 2.39. The molecule has 0 amide bonds. The van der Waals surface area contributed by atoms with Crippen LogP contribution in [0.5, 0.6) is 0 Å². The highest BCUT2D eigenvalue weighted by Gasteiger charge is 2.23. The summed E-state index contributed by atoms with van der Waals surface area (Å²) in [5.41, 5.74) is 2.32. The second kappa shape index (κ2) is 7.56. The molecule has 0 spiro atoms. The van der Waals surface area contributed by atoms with Gasteiger partial charge in [0.15, 0.2) is 0 Å². The Hall–Kier alpha value is -3.55. The van der Waals surface area contributed by atoms with Crippen LogP contribution < -0.4 is 10.6 Å². The van der Waals surface area contributed by atoms with Crippen LogP contribution >= 0.6 is 0 Å². The summed E-state index contributed by atoms with van der Waals surface area (Å²) in [5.74, 6) is 0.643. The maximum Gasteiger partial charge on any atom is 0.353 e. The topological polar surface area (TPSA) is 106 Å². The van der Waals surface area contributed by atoms with Crippen molar-refractivity contribution >= 4 is 28.7 Å². The number of rotatable bonds is 6. The Kier molecular flexibility index (Phi) is 5.02. The number of anilines is 4. The first-order valence-corrected chi connectivity index (χ1v) is 8.08. The molecule has 0 radical (unpaired) electrons. The van der Waals surface area contributed by atoms with E-state index in [4.69, 9.17) is 0 Å². The van der Waals surface area contributed by atoms with Gasteiger partial charge in [-0.05, 0) is 35.7 Å². The van der Waals surface area contributed by atoms with Crippen molar-refractivity contribution < 1.29 is 4.92 Å². The van der Waals surface area contributed by atoms with Gasteiger partial charge in [0.25, 0.3) is 0 Å². The lowest BCUT2D eigenvalue weighted by Gasteiger charge is -2.11. The molecule has 132 valence electrons. The summed E-state index contributed by atoms with van der Waals surface area (Å²) in [7, 11) is 0. The van der Waals surface area contributed by atoms with Crippen LogP contribution in [0.3, 0.4) is 0 Å². The molecule has 0 aliphatic carbocycles. The molecule has 2 heterocycles. The molecule has 0 aliphatic rings. The molecule has 0 bridgehead atoms. The van der Waals surface area contributed by atoms with Crippen LogP contribution in [0.15, 0.2) is 55.1 Å². The highest BCUT2D eigenvalue weighted by Crippen LogP contribution is 2.33. The van der Waals surface area contributed by atoms with Gasteiger partial charge in [-0.15, -0.1) is 0 Å². The Morgan fingerprint density at radius 2 is 1.46 bits per heavy atom. The Bertz CT molecular complexity index is 897. The molecule has 1 aromatic carbocycles. The van der Waals surface area contributed by atoms with Crippen molar-refractivity contribution in [3.8, 4) is 0 Å². The van der Waals surface area contributed by atoms with Crippen molar-refractivity contribution in [2.75, 3.05) is 10.6 Å². The predicted octanol–water partition coefficient (Wildman–Crippen LogP) is 4.39. The second-order valence-corrected chi connectivity index (χ2v) is 5.94. The van der Waals surface area contributed by atoms with Crippen LogP contribution in [-0.2, 0) is 0 Å². The predicted molar refractivity (Wildman–Crippen MR) is 100 cm³/mol. The van der Waals surface area contributed by atoms with Gasteiger partial charge in [-0.2, -0.15) is 0 Å². The van der Waals surface area contributed by atoms with Gasteiger partial charge in [-0.1, -0.05) is 26.0 Å². The first kappa shape index (κ1) is 17.3. The summed E-state index contributed by atoms with van der Waals surface area (Å²) >= 11 is 0. The van der Waals surface area contributed by atoms with Crippen LogP contribution in [0.1, 0.15) is 25.3 Å². The number of benzene rings is 1. The lowest BCUT2D eigenvalue weighted by molar-refractivity contribution is -0.383. The zero-order valence-corrected chi connectivity index (χ0v) is 14.4. The van der Waals surface area contributed by atoms with Crippen molar-refractivity contribution in [1.82, 2.24) is 15.0 Å². The molecule has 0 saturated carbocycles. The molecule has 0 saturated heterocycles. The number of aromatic nitrogens is 3. The monoisotopic (exact) mass is 350 g/mol. The van der Waals surface area contributed by atoms with Crippen LogP contribution in [0.2, 0.25) is 0 Å². The van der Waals surface area contributed by atoms with Crippen molar-refractivity contribution in [1.29, 1.82) is 0 Å². The first-order chi connectivity index (χ1) is 12.5. The van der Waals surface area contributed by atoms with E-state index < -0.39 is 4.92 Å². The molecular formula is C18H18N6O2. The van der Waals surface area contributed by atoms with E-state index in [1.165, 1.54) is 11.9 Å². The van der Waals surface area contributed by atoms with Crippen LogP contribution in [0.25, 0.3) is 0 Å². The van der Waals surface area contributed by atoms with E-state index in [0.29, 0.717) is 17.3 Å². The summed E-state index contributed by atoms with van der Waals surface area (Å²) in [4.78, 5) is 23.1. The molecule has 0 unspecified atom stereocenters. The number of hydrogen-bond donors (Lipinski definition) is 2. The molecule has 8 heteroatoms. The van der Waals surface area contributed by atoms with Crippen LogP contribution in [-0.4, -0.2) is 19.9 Å². The van der Waals surface area contributed by atoms with E-state index >= 15 is 0 Å². The Labute approximate surface area is 150 Å². The minimum Gasteiger partial charge on any atom is -0.334 e. The van der Waals surface area contributed by atoms with Gasteiger partial charge in [0.1, 0.15) is 6.33 Å². The smallest absolute Gasteiger partial charge is 0.334 e. The molecule has 0 fully saturated rings. The molecule has 8 nitrogen and oxygen atoms in total. The van der Waals surface area contributed by atoms with E-state index in [1.807, 2.05) is 24.3 Å². The van der Waals surface area contributed by atoms with Crippen molar-refractivity contribution in [2.24, 2.45) is 0 Å². The third-order valence-electron chi connectivity index (χ3n) is 3.79. The standard InChI is InChI=1S/C18H18N6O2/c1-12(2)13-3-5-14(6-4-13)22-17-16(24(25)26)18(21-11-20-17)23-15-7-9-19-10-8-15/h3-12H,1-2H3,(H2,19,20,21,22,23). The van der Waals surface area contributed by atoms with Crippen LogP contribution in [0.4, 0.5) is 28.7 Å². The quantitative estimate of drug-likeness (QED) is 0.501. The molecule has 0 aliphatic heterocycles. The molecule has 3 aromatic rings. The van der Waals surface area contributed by atoms with E-state index in [-0.39, 0.29) is 17.3 Å². The highest BCUT2D eigenvalue weighted by molar-refractivity contribution is 5.76. The lowest BCUT2D eigenvalue weighted by Crippen LogP contribution is -2.05. The van der Waals surface area contributed by atoms with E-state index in [0.717, 1.165) is 0 Å². The fourth-order valence-electron chi connectivity index (χ4n) is 2.39. The average Bonchev–Trinajstić information content (AvgIpc) is 2.63. The third kappa shape index (κ3) is 3.92. The first-order valence-electron chi connectivity index (χ1n) is 8.08. The second-order valence-electron chi connectivity index (χ2n) is 5.94. The number of pyridine rings is 1. The van der Waals surface area contributed by atoms with Gasteiger partial charge in [0.05, 0.1) is 4.92 Å². The number of nitrogens with zero attached hydrogens (tertiary/aromatic N) is 4. The highest BCUT2D eigenvalue weighted by atomic mass is 16.6. The van der Waals surface area contributed by atoms with Crippen molar-refractivity contribution in [3.63, 3.8) is 0 Å². The van der Waals surface area contributed by atoms with Gasteiger partial charge in [0, 0.05) is 23.8 Å². The maximum absolute atomic E-state index is 11.6. The normalized spacial score (nSPS) is 10.6. The fraction of sp³-hybridized carbons (Fsp3) is 0.167. The van der Waals surface area contributed by atoms with E-state index in [9.17, 15) is 10.1 Å². The molecule has 26 heavy (non-hydrogen) atoms. The molecule has 2 aromatic heterocycles. The molecular weight excluding hydrogens is 332 g/mol. The summed E-state index contributed by atoms with van der Waals surface area (Å²) in [6, 6.07) is 11.1. The third-order valence-corrected chi connectivity index (χ3v) is 3.79. The Morgan fingerprint density at radius 1 is 0.923 bits per heavy atom. The SMILES string of the molecule is CC(C)c1ccc(Nc2ncnc(Nc3ccncc3)c2[N+](=O)[O-])cc1. The van der Waals surface area contributed by atoms with E-state index in [2.05, 4.69) is 39.4 Å². The largest absolute Gasteiger partial charge is 0.353 e. The average molecular weight is 350 g/mol. The summed E-state index contributed by atoms with van der Waals surface area (Å²) in [6.07, 6.45) is 4.46. The van der Waals surface area contributed by atoms with Crippen LogP contribution in [0, 0.1) is 10.1 Å². The number of nitrogens with one attached hydrogen (secondary N) is 2. The zero-order valence-electron chi connectivity index (χ0n) is 14.4. The molecule has 0 atom stereocenters. The van der Waals surface area contributed by atoms with Gasteiger partial charge in [-0.3, -0.25) is 15.1 Å². The number of hydrogen-bond acceptors (Lipinski definition) is 7.